The zero-order valence-electron chi connectivity index (χ0n) is 15.0. The van der Waals surface area contributed by atoms with E-state index in [1.54, 1.807) is 11.6 Å². The predicted octanol–water partition coefficient (Wildman–Crippen LogP) is 3.32. The molecule has 8 heteroatoms. The maximum Gasteiger partial charge on any atom is 0.311 e. The second-order valence-corrected chi connectivity index (χ2v) is 7.51. The summed E-state index contributed by atoms with van der Waals surface area (Å²) in [6, 6.07) is 3.71. The van der Waals surface area contributed by atoms with Crippen LogP contribution in [0, 0.1) is 11.8 Å². The molecular weight excluding hydrogens is 356 g/mol. The van der Waals surface area contributed by atoms with Gasteiger partial charge in [0.25, 0.3) is 0 Å². The van der Waals surface area contributed by atoms with Gasteiger partial charge in [-0.2, -0.15) is 9.50 Å². The largest absolute Gasteiger partial charge is 0.481 e. The van der Waals surface area contributed by atoms with E-state index < -0.39 is 0 Å². The molecule has 0 radical (unpaired) electrons. The monoisotopic (exact) mass is 378 g/mol. The second kappa shape index (κ2) is 6.61. The molecule has 26 heavy (non-hydrogen) atoms. The number of esters is 1. The van der Waals surface area contributed by atoms with E-state index in [9.17, 15) is 4.79 Å². The summed E-state index contributed by atoms with van der Waals surface area (Å²) in [5.74, 6) is 1.53. The Bertz CT molecular complexity index is 829. The minimum Gasteiger partial charge on any atom is -0.481 e. The molecule has 3 fully saturated rings. The van der Waals surface area contributed by atoms with Crippen molar-refractivity contribution in [3.8, 4) is 5.88 Å². The summed E-state index contributed by atoms with van der Waals surface area (Å²) >= 11 is 6.14. The number of carbonyl (C=O) groups excluding carboxylic acids is 1. The van der Waals surface area contributed by atoms with Gasteiger partial charge in [-0.05, 0) is 62.6 Å². The molecule has 1 atom stereocenters. The fraction of sp³-hybridized carbons (Fsp3) is 0.611. The first-order chi connectivity index (χ1) is 12.6. The van der Waals surface area contributed by atoms with Crippen LogP contribution in [0.2, 0.25) is 5.28 Å². The number of halogens is 1. The van der Waals surface area contributed by atoms with Gasteiger partial charge in [-0.25, -0.2) is 0 Å². The third-order valence-corrected chi connectivity index (χ3v) is 5.99. The van der Waals surface area contributed by atoms with Gasteiger partial charge in [0.15, 0.2) is 5.82 Å². The summed E-state index contributed by atoms with van der Waals surface area (Å²) in [6.07, 6.45) is 4.94. The van der Waals surface area contributed by atoms with Crippen molar-refractivity contribution >= 4 is 28.9 Å². The molecule has 0 aromatic carbocycles. The SMILES string of the molecule is CCOC(=O)C1CC2CCC1(Nc1nc(Cl)nn3c(OC)ccc13)CC2. The van der Waals surface area contributed by atoms with Crippen LogP contribution in [0.3, 0.4) is 0 Å². The fourth-order valence-corrected chi connectivity index (χ4v) is 4.70. The molecule has 0 amide bonds. The zero-order chi connectivity index (χ0) is 18.3. The lowest BCUT2D eigenvalue weighted by atomic mass is 9.59. The highest BCUT2D eigenvalue weighted by atomic mass is 35.5. The molecule has 3 aliphatic rings. The molecule has 3 aliphatic carbocycles. The normalized spacial score (nSPS) is 27.5. The summed E-state index contributed by atoms with van der Waals surface area (Å²) < 4.78 is 12.3. The Hall–Kier alpha value is -2.02. The van der Waals surface area contributed by atoms with E-state index in [0.29, 0.717) is 24.2 Å². The smallest absolute Gasteiger partial charge is 0.311 e. The highest BCUT2D eigenvalue weighted by molar-refractivity contribution is 6.28. The number of rotatable bonds is 5. The van der Waals surface area contributed by atoms with Crippen LogP contribution >= 0.6 is 11.6 Å². The number of carbonyl (C=O) groups is 1. The van der Waals surface area contributed by atoms with Crippen molar-refractivity contribution in [2.75, 3.05) is 19.0 Å². The van der Waals surface area contributed by atoms with E-state index in [1.807, 2.05) is 19.1 Å². The Morgan fingerprint density at radius 3 is 2.88 bits per heavy atom. The quantitative estimate of drug-likeness (QED) is 0.804. The Kier molecular flexibility index (Phi) is 4.42. The molecule has 0 aliphatic heterocycles. The standard InChI is InChI=1S/C18H23ClN4O3/c1-3-26-16(24)12-10-11-6-8-18(12,9-7-11)21-15-13-4-5-14(25-2)23(13)22-17(19)20-15/h4-5,11-12H,3,6-10H2,1-2H3,(H,20,21,22). The molecule has 2 bridgehead atoms. The van der Waals surface area contributed by atoms with Gasteiger partial charge in [0.1, 0.15) is 5.52 Å². The van der Waals surface area contributed by atoms with Crippen LogP contribution in [0.15, 0.2) is 12.1 Å². The number of nitrogens with zero attached hydrogens (tertiary/aromatic N) is 3. The summed E-state index contributed by atoms with van der Waals surface area (Å²) in [4.78, 5) is 17.0. The molecule has 0 saturated heterocycles. The number of hydrogen-bond donors (Lipinski definition) is 1. The average molecular weight is 379 g/mol. The molecule has 0 spiro atoms. The van der Waals surface area contributed by atoms with Crippen molar-refractivity contribution in [3.05, 3.63) is 17.4 Å². The third-order valence-electron chi connectivity index (χ3n) is 5.83. The second-order valence-electron chi connectivity index (χ2n) is 7.17. The van der Waals surface area contributed by atoms with Crippen molar-refractivity contribution in [1.82, 2.24) is 14.6 Å². The summed E-state index contributed by atoms with van der Waals surface area (Å²) in [5, 5.41) is 7.92. The molecule has 1 unspecified atom stereocenters. The lowest BCUT2D eigenvalue weighted by molar-refractivity contribution is -0.154. The van der Waals surface area contributed by atoms with Crippen LogP contribution in [0.1, 0.15) is 39.0 Å². The zero-order valence-corrected chi connectivity index (χ0v) is 15.8. The minimum absolute atomic E-state index is 0.117. The lowest BCUT2D eigenvalue weighted by Gasteiger charge is -2.51. The Balaban J connectivity index is 1.73. The molecule has 2 aromatic heterocycles. The van der Waals surface area contributed by atoms with Crippen molar-refractivity contribution in [3.63, 3.8) is 0 Å². The van der Waals surface area contributed by atoms with E-state index in [0.717, 1.165) is 37.6 Å². The van der Waals surface area contributed by atoms with Crippen LogP contribution in [0.25, 0.3) is 5.52 Å². The van der Waals surface area contributed by atoms with Gasteiger partial charge >= 0.3 is 5.97 Å². The number of fused-ring (bicyclic) bond motifs is 4. The molecule has 2 aromatic rings. The van der Waals surface area contributed by atoms with Gasteiger partial charge in [0, 0.05) is 6.07 Å². The van der Waals surface area contributed by atoms with Crippen LogP contribution in [-0.2, 0) is 9.53 Å². The number of hydrogen-bond acceptors (Lipinski definition) is 6. The van der Waals surface area contributed by atoms with E-state index >= 15 is 0 Å². The highest BCUT2D eigenvalue weighted by Gasteiger charge is 2.52. The third kappa shape index (κ3) is 2.78. The van der Waals surface area contributed by atoms with Gasteiger partial charge in [-0.15, -0.1) is 5.10 Å². The summed E-state index contributed by atoms with van der Waals surface area (Å²) in [5.41, 5.74) is 0.423. The number of aromatic nitrogens is 3. The molecule has 1 N–H and O–H groups in total. The molecule has 3 saturated carbocycles. The predicted molar refractivity (Wildman–Crippen MR) is 97.6 cm³/mol. The lowest BCUT2D eigenvalue weighted by Crippen LogP contribution is -2.56. The topological polar surface area (TPSA) is 77.8 Å². The van der Waals surface area contributed by atoms with Crippen molar-refractivity contribution in [2.45, 2.75) is 44.6 Å². The van der Waals surface area contributed by atoms with Gasteiger partial charge < -0.3 is 14.8 Å². The average Bonchev–Trinajstić information content (AvgIpc) is 3.05. The van der Waals surface area contributed by atoms with Crippen molar-refractivity contribution < 1.29 is 14.3 Å². The molecule has 140 valence electrons. The van der Waals surface area contributed by atoms with E-state index in [4.69, 9.17) is 21.1 Å². The van der Waals surface area contributed by atoms with E-state index in [-0.39, 0.29) is 22.7 Å². The molecule has 5 rings (SSSR count). The van der Waals surface area contributed by atoms with Crippen molar-refractivity contribution in [1.29, 1.82) is 0 Å². The van der Waals surface area contributed by atoms with Crippen LogP contribution < -0.4 is 10.1 Å². The molecule has 7 nitrogen and oxygen atoms in total. The Labute approximate surface area is 157 Å². The maximum absolute atomic E-state index is 12.6. The van der Waals surface area contributed by atoms with Gasteiger partial charge in [0.05, 0.1) is 25.2 Å². The van der Waals surface area contributed by atoms with Crippen molar-refractivity contribution in [2.24, 2.45) is 11.8 Å². The minimum atomic E-state index is -0.351. The molecule has 2 heterocycles. The first-order valence-corrected chi connectivity index (χ1v) is 9.48. The van der Waals surface area contributed by atoms with Gasteiger partial charge in [-0.1, -0.05) is 0 Å². The Morgan fingerprint density at radius 1 is 1.42 bits per heavy atom. The number of nitrogens with one attached hydrogen (secondary N) is 1. The summed E-state index contributed by atoms with van der Waals surface area (Å²) in [7, 11) is 1.59. The highest BCUT2D eigenvalue weighted by Crippen LogP contribution is 2.50. The maximum atomic E-state index is 12.6. The van der Waals surface area contributed by atoms with Crippen LogP contribution in [0.5, 0.6) is 5.88 Å². The molecular formula is C18H23ClN4O3. The van der Waals surface area contributed by atoms with Gasteiger partial charge in [-0.3, -0.25) is 4.79 Å². The van der Waals surface area contributed by atoms with Crippen LogP contribution in [0.4, 0.5) is 5.82 Å². The number of ether oxygens (including phenoxy) is 2. The van der Waals surface area contributed by atoms with Crippen LogP contribution in [-0.4, -0.2) is 39.8 Å². The summed E-state index contributed by atoms with van der Waals surface area (Å²) in [6.45, 7) is 2.25. The van der Waals surface area contributed by atoms with E-state index in [2.05, 4.69) is 15.4 Å². The van der Waals surface area contributed by atoms with Gasteiger partial charge in [0.2, 0.25) is 11.2 Å². The fourth-order valence-electron chi connectivity index (χ4n) is 4.54. The first-order valence-electron chi connectivity index (χ1n) is 9.10. The Morgan fingerprint density at radius 2 is 2.19 bits per heavy atom. The first kappa shape index (κ1) is 17.4. The number of methoxy groups -OCH3 is 1. The number of anilines is 1. The van der Waals surface area contributed by atoms with E-state index in [1.165, 1.54) is 0 Å².